The first-order valence-electron chi connectivity index (χ1n) is 11.3. The Hall–Kier alpha value is -2.82. The molecule has 3 aromatic carbocycles. The van der Waals surface area contributed by atoms with Crippen LogP contribution in [0.15, 0.2) is 66.7 Å². The fourth-order valence-corrected chi connectivity index (χ4v) is 4.70. The molecule has 1 atom stereocenters. The van der Waals surface area contributed by atoms with Crippen molar-refractivity contribution < 1.29 is 18.7 Å². The summed E-state index contributed by atoms with van der Waals surface area (Å²) < 4.78 is 21.0. The van der Waals surface area contributed by atoms with Crippen molar-refractivity contribution in [3.8, 4) is 0 Å². The molecule has 35 heavy (non-hydrogen) atoms. The molecule has 0 fully saturated rings. The van der Waals surface area contributed by atoms with Crippen LogP contribution in [0.5, 0.6) is 0 Å². The third kappa shape index (κ3) is 5.71. The first-order chi connectivity index (χ1) is 16.8. The van der Waals surface area contributed by atoms with E-state index in [9.17, 15) is 14.0 Å². The molecule has 8 heteroatoms. The quantitative estimate of drug-likeness (QED) is 0.313. The summed E-state index contributed by atoms with van der Waals surface area (Å²) in [5.74, 6) is -1.11. The molecule has 0 saturated carbocycles. The van der Waals surface area contributed by atoms with Crippen LogP contribution in [-0.2, 0) is 16.9 Å². The van der Waals surface area contributed by atoms with Crippen molar-refractivity contribution in [2.24, 2.45) is 0 Å². The predicted molar refractivity (Wildman–Crippen MR) is 140 cm³/mol. The SMILES string of the molecule is CN(C)CCCC1(c2ccc(F)cc2)OCc2cc(C(=O)NNC(=O)c3ccc(I)cc3)ccc21. The average Bonchev–Trinajstić information content (AvgIpc) is 3.21. The molecule has 0 aromatic heterocycles. The number of ether oxygens (including phenoxy) is 1. The topological polar surface area (TPSA) is 70.7 Å². The molecule has 2 amide bonds. The van der Waals surface area contributed by atoms with E-state index in [2.05, 4.69) is 38.3 Å². The lowest BCUT2D eigenvalue weighted by atomic mass is 9.81. The van der Waals surface area contributed by atoms with Gasteiger partial charge in [-0.3, -0.25) is 20.4 Å². The molecule has 182 valence electrons. The van der Waals surface area contributed by atoms with E-state index in [-0.39, 0.29) is 5.82 Å². The second-order valence-corrected chi connectivity index (χ2v) is 10.1. The van der Waals surface area contributed by atoms with Crippen LogP contribution in [0.25, 0.3) is 0 Å². The van der Waals surface area contributed by atoms with Crippen molar-refractivity contribution in [2.45, 2.75) is 25.0 Å². The van der Waals surface area contributed by atoms with Crippen molar-refractivity contribution in [3.05, 3.63) is 104 Å². The van der Waals surface area contributed by atoms with Gasteiger partial charge in [-0.15, -0.1) is 0 Å². The maximum Gasteiger partial charge on any atom is 0.269 e. The molecular weight excluding hydrogens is 560 g/mol. The Bertz CT molecular complexity index is 1220. The van der Waals surface area contributed by atoms with Crippen LogP contribution in [0, 0.1) is 9.39 Å². The van der Waals surface area contributed by atoms with Gasteiger partial charge in [0.1, 0.15) is 11.4 Å². The normalized spacial score (nSPS) is 16.7. The van der Waals surface area contributed by atoms with Crippen LogP contribution in [0.3, 0.4) is 0 Å². The second kappa shape index (κ2) is 10.8. The Morgan fingerprint density at radius 2 is 1.60 bits per heavy atom. The lowest BCUT2D eigenvalue weighted by Crippen LogP contribution is -2.41. The number of hydrogen-bond acceptors (Lipinski definition) is 4. The highest BCUT2D eigenvalue weighted by atomic mass is 127. The van der Waals surface area contributed by atoms with Gasteiger partial charge >= 0.3 is 0 Å². The molecule has 0 radical (unpaired) electrons. The fraction of sp³-hybridized carbons (Fsp3) is 0.259. The summed E-state index contributed by atoms with van der Waals surface area (Å²) in [6, 6.07) is 18.9. The molecule has 4 rings (SSSR count). The van der Waals surface area contributed by atoms with E-state index in [0.717, 1.165) is 39.6 Å². The number of nitrogens with zero attached hydrogens (tertiary/aromatic N) is 1. The first-order valence-corrected chi connectivity index (χ1v) is 12.4. The zero-order valence-corrected chi connectivity index (χ0v) is 21.8. The van der Waals surface area contributed by atoms with Gasteiger partial charge < -0.3 is 9.64 Å². The summed E-state index contributed by atoms with van der Waals surface area (Å²) in [7, 11) is 4.05. The molecule has 0 saturated heterocycles. The highest BCUT2D eigenvalue weighted by Crippen LogP contribution is 2.45. The van der Waals surface area contributed by atoms with Crippen molar-refractivity contribution in [3.63, 3.8) is 0 Å². The van der Waals surface area contributed by atoms with E-state index in [1.807, 2.05) is 32.3 Å². The van der Waals surface area contributed by atoms with Gasteiger partial charge in [0.15, 0.2) is 0 Å². The minimum atomic E-state index is -0.701. The van der Waals surface area contributed by atoms with Gasteiger partial charge in [0.25, 0.3) is 11.8 Å². The van der Waals surface area contributed by atoms with Crippen LogP contribution in [0.2, 0.25) is 0 Å². The first kappa shape index (κ1) is 25.3. The van der Waals surface area contributed by atoms with Crippen molar-refractivity contribution in [1.29, 1.82) is 0 Å². The highest BCUT2D eigenvalue weighted by Gasteiger charge is 2.41. The Morgan fingerprint density at radius 3 is 2.26 bits per heavy atom. The molecule has 1 aliphatic heterocycles. The monoisotopic (exact) mass is 587 g/mol. The van der Waals surface area contributed by atoms with Crippen LogP contribution in [0.4, 0.5) is 4.39 Å². The minimum Gasteiger partial charge on any atom is -0.361 e. The van der Waals surface area contributed by atoms with Gasteiger partial charge in [-0.2, -0.15) is 0 Å². The third-order valence-electron chi connectivity index (χ3n) is 6.12. The highest BCUT2D eigenvalue weighted by molar-refractivity contribution is 14.1. The minimum absolute atomic E-state index is 0.297. The number of rotatable bonds is 7. The molecule has 2 N–H and O–H groups in total. The summed E-state index contributed by atoms with van der Waals surface area (Å²) in [5, 5.41) is 0. The van der Waals surface area contributed by atoms with Gasteiger partial charge in [0.2, 0.25) is 0 Å². The van der Waals surface area contributed by atoms with Crippen LogP contribution in [-0.4, -0.2) is 37.4 Å². The second-order valence-electron chi connectivity index (χ2n) is 8.82. The maximum absolute atomic E-state index is 13.6. The summed E-state index contributed by atoms with van der Waals surface area (Å²) in [4.78, 5) is 27.2. The molecule has 3 aromatic rings. The van der Waals surface area contributed by atoms with Crippen molar-refractivity contribution in [1.82, 2.24) is 15.8 Å². The van der Waals surface area contributed by atoms with E-state index < -0.39 is 17.4 Å². The summed E-state index contributed by atoms with van der Waals surface area (Å²) in [6.07, 6.45) is 1.61. The van der Waals surface area contributed by atoms with E-state index in [4.69, 9.17) is 4.74 Å². The third-order valence-corrected chi connectivity index (χ3v) is 6.84. The van der Waals surface area contributed by atoms with Crippen LogP contribution >= 0.6 is 22.6 Å². The number of carbonyl (C=O) groups excluding carboxylic acids is 2. The van der Waals surface area contributed by atoms with Crippen molar-refractivity contribution >= 4 is 34.4 Å². The predicted octanol–water partition coefficient (Wildman–Crippen LogP) is 4.62. The number of hydrogen-bond donors (Lipinski definition) is 2. The largest absolute Gasteiger partial charge is 0.361 e. The smallest absolute Gasteiger partial charge is 0.269 e. The van der Waals surface area contributed by atoms with Gasteiger partial charge in [-0.1, -0.05) is 18.2 Å². The van der Waals surface area contributed by atoms with Gasteiger partial charge in [-0.25, -0.2) is 4.39 Å². The molecule has 1 unspecified atom stereocenters. The van der Waals surface area contributed by atoms with E-state index >= 15 is 0 Å². The standard InChI is InChI=1S/C27H27FIN3O3/c1-32(2)15-3-14-27(21-7-9-22(28)10-8-21)24-13-6-19(16-20(24)17-35-27)26(34)31-30-25(33)18-4-11-23(29)12-5-18/h4-13,16H,3,14-15,17H2,1-2H3,(H,30,33)(H,31,34). The Kier molecular flexibility index (Phi) is 7.83. The molecule has 0 aliphatic carbocycles. The number of fused-ring (bicyclic) bond motifs is 1. The molecule has 0 bridgehead atoms. The molecule has 1 aliphatic rings. The number of halogens is 2. The zero-order chi connectivity index (χ0) is 25.0. The maximum atomic E-state index is 13.6. The molecule has 6 nitrogen and oxygen atoms in total. The van der Waals surface area contributed by atoms with E-state index in [1.165, 1.54) is 12.1 Å². The number of benzene rings is 3. The zero-order valence-electron chi connectivity index (χ0n) is 19.6. The lowest BCUT2D eigenvalue weighted by Gasteiger charge is -2.31. The fourth-order valence-electron chi connectivity index (χ4n) is 4.34. The van der Waals surface area contributed by atoms with Gasteiger partial charge in [0.05, 0.1) is 6.61 Å². The Labute approximate surface area is 218 Å². The van der Waals surface area contributed by atoms with Gasteiger partial charge in [0, 0.05) is 14.7 Å². The number of carbonyl (C=O) groups is 2. The van der Waals surface area contributed by atoms with Crippen molar-refractivity contribution in [2.75, 3.05) is 20.6 Å². The summed E-state index contributed by atoms with van der Waals surface area (Å²) in [6.45, 7) is 1.23. The number of amides is 2. The molecular formula is C27H27FIN3O3. The lowest BCUT2D eigenvalue weighted by molar-refractivity contribution is -0.0140. The summed E-state index contributed by atoms with van der Waals surface area (Å²) >= 11 is 2.16. The van der Waals surface area contributed by atoms with Gasteiger partial charge in [-0.05, 0) is 121 Å². The van der Waals surface area contributed by atoms with Crippen LogP contribution in [0.1, 0.15) is 50.2 Å². The number of nitrogens with one attached hydrogen (secondary N) is 2. The Morgan fingerprint density at radius 1 is 0.971 bits per heavy atom. The molecule has 1 heterocycles. The van der Waals surface area contributed by atoms with E-state index in [1.54, 1.807) is 36.4 Å². The summed E-state index contributed by atoms with van der Waals surface area (Å²) in [5.41, 5.74) is 7.87. The number of hydrazine groups is 1. The average molecular weight is 587 g/mol. The Balaban J connectivity index is 1.53. The van der Waals surface area contributed by atoms with E-state index in [0.29, 0.717) is 17.7 Å². The molecule has 0 spiro atoms. The van der Waals surface area contributed by atoms with Crippen LogP contribution < -0.4 is 10.9 Å².